The molecule has 0 saturated carbocycles. The summed E-state index contributed by atoms with van der Waals surface area (Å²) in [6.45, 7) is 8.75. The molecule has 10 aromatic rings. The standard InChI is InChI=1S/C60H45N/c1-38-18-26-42(27-19-38)59(43-28-20-39(2)21-29-43)52-16-10-9-15-48(52)50-36-51-56(37-54(50)59)61(46-12-6-5-7-13-46)55-35-34-49-47-14-8-11-17-53(47)60(58(49)57(51)55,44-30-22-40(3)23-31-44)45-32-24-41(4)25-33-45/h5-37H,1-4H3. The van der Waals surface area contributed by atoms with Gasteiger partial charge in [-0.05, 0) is 125 Å². The summed E-state index contributed by atoms with van der Waals surface area (Å²) in [6.07, 6.45) is 0. The van der Waals surface area contributed by atoms with Gasteiger partial charge >= 0.3 is 0 Å². The number of hydrogen-bond donors (Lipinski definition) is 0. The molecule has 0 atom stereocenters. The van der Waals surface area contributed by atoms with Crippen LogP contribution in [0.25, 0.3) is 49.7 Å². The van der Waals surface area contributed by atoms with Crippen LogP contribution in [0.1, 0.15) is 66.8 Å². The number of benzene rings is 9. The van der Waals surface area contributed by atoms with Crippen molar-refractivity contribution >= 4 is 21.8 Å². The van der Waals surface area contributed by atoms with Crippen LogP contribution in [0.4, 0.5) is 0 Å². The normalized spacial score (nSPS) is 14.2. The summed E-state index contributed by atoms with van der Waals surface area (Å²) in [7, 11) is 0. The monoisotopic (exact) mass is 779 g/mol. The Labute approximate surface area is 358 Å². The highest BCUT2D eigenvalue weighted by Crippen LogP contribution is 2.61. The van der Waals surface area contributed by atoms with Crippen molar-refractivity contribution in [2.45, 2.75) is 38.5 Å². The van der Waals surface area contributed by atoms with Crippen LogP contribution in [-0.4, -0.2) is 4.57 Å². The Kier molecular flexibility index (Phi) is 7.69. The van der Waals surface area contributed by atoms with E-state index in [9.17, 15) is 0 Å². The van der Waals surface area contributed by atoms with Gasteiger partial charge in [-0.15, -0.1) is 0 Å². The highest BCUT2D eigenvalue weighted by atomic mass is 15.0. The van der Waals surface area contributed by atoms with E-state index in [1.54, 1.807) is 0 Å². The molecule has 1 nitrogen and oxygen atoms in total. The molecular weight excluding hydrogens is 735 g/mol. The van der Waals surface area contributed by atoms with Gasteiger partial charge in [0.1, 0.15) is 0 Å². The highest BCUT2D eigenvalue weighted by Gasteiger charge is 2.49. The number of rotatable bonds is 5. The lowest BCUT2D eigenvalue weighted by Gasteiger charge is -2.35. The molecule has 0 saturated heterocycles. The molecule has 0 amide bonds. The van der Waals surface area contributed by atoms with Crippen molar-refractivity contribution in [1.82, 2.24) is 4.57 Å². The molecule has 1 heteroatoms. The molecule has 2 aliphatic carbocycles. The van der Waals surface area contributed by atoms with Crippen LogP contribution in [0.15, 0.2) is 200 Å². The van der Waals surface area contributed by atoms with Gasteiger partial charge < -0.3 is 4.57 Å². The molecule has 1 heterocycles. The van der Waals surface area contributed by atoms with Gasteiger partial charge in [-0.25, -0.2) is 0 Å². The first kappa shape index (κ1) is 35.7. The first-order valence-electron chi connectivity index (χ1n) is 21.6. The van der Waals surface area contributed by atoms with E-state index in [1.165, 1.54) is 111 Å². The maximum Gasteiger partial charge on any atom is 0.0720 e. The molecule has 61 heavy (non-hydrogen) atoms. The predicted octanol–water partition coefficient (Wildman–Crippen LogP) is 14.7. The van der Waals surface area contributed by atoms with E-state index >= 15 is 0 Å². The van der Waals surface area contributed by atoms with Gasteiger partial charge in [-0.1, -0.05) is 192 Å². The maximum absolute atomic E-state index is 2.56. The third kappa shape index (κ3) is 4.83. The van der Waals surface area contributed by atoms with Gasteiger partial charge in [-0.3, -0.25) is 0 Å². The second-order valence-corrected chi connectivity index (χ2v) is 17.5. The van der Waals surface area contributed by atoms with E-state index in [2.05, 4.69) is 232 Å². The van der Waals surface area contributed by atoms with Crippen molar-refractivity contribution in [2.24, 2.45) is 0 Å². The first-order chi connectivity index (χ1) is 29.9. The number of para-hydroxylation sites is 1. The van der Waals surface area contributed by atoms with Gasteiger partial charge in [0.25, 0.3) is 0 Å². The quantitative estimate of drug-likeness (QED) is 0.164. The van der Waals surface area contributed by atoms with Gasteiger partial charge in [-0.2, -0.15) is 0 Å². The lowest BCUT2D eigenvalue weighted by atomic mass is 9.66. The molecule has 0 fully saturated rings. The molecular formula is C60H45N. The SMILES string of the molecule is Cc1ccc(C2(c3ccc(C)cc3)c3ccccc3-c3cc4c5c6c(ccc5n(-c5ccccc5)c4cc32)-c2ccccc2C6(c2ccc(C)cc2)c2ccc(C)cc2)cc1. The Hall–Kier alpha value is -7.22. The number of fused-ring (bicyclic) bond motifs is 10. The lowest BCUT2D eigenvalue weighted by Crippen LogP contribution is -2.29. The second-order valence-electron chi connectivity index (χ2n) is 17.5. The minimum atomic E-state index is -0.562. The molecule has 9 aromatic carbocycles. The average Bonchev–Trinajstić information content (AvgIpc) is 3.89. The average molecular weight is 780 g/mol. The van der Waals surface area contributed by atoms with Crippen molar-refractivity contribution in [2.75, 3.05) is 0 Å². The molecule has 0 bridgehead atoms. The molecule has 290 valence electrons. The van der Waals surface area contributed by atoms with E-state index in [0.29, 0.717) is 0 Å². The van der Waals surface area contributed by atoms with Crippen LogP contribution in [0.2, 0.25) is 0 Å². The minimum Gasteiger partial charge on any atom is -0.309 e. The molecule has 0 spiro atoms. The summed E-state index contributed by atoms with van der Waals surface area (Å²) in [6, 6.07) is 76.5. The van der Waals surface area contributed by atoms with Gasteiger partial charge in [0.2, 0.25) is 0 Å². The Balaban J connectivity index is 1.29. The number of hydrogen-bond acceptors (Lipinski definition) is 0. The molecule has 12 rings (SSSR count). The Morgan fingerprint density at radius 3 is 1.30 bits per heavy atom. The zero-order chi connectivity index (χ0) is 41.0. The Morgan fingerprint density at radius 2 is 0.770 bits per heavy atom. The topological polar surface area (TPSA) is 4.93 Å². The zero-order valence-corrected chi connectivity index (χ0v) is 35.0. The summed E-state index contributed by atoms with van der Waals surface area (Å²) in [4.78, 5) is 0. The van der Waals surface area contributed by atoms with E-state index in [0.717, 1.165) is 5.69 Å². The number of nitrogens with zero attached hydrogens (tertiary/aromatic N) is 1. The molecule has 0 aliphatic heterocycles. The Morgan fingerprint density at radius 1 is 0.328 bits per heavy atom. The second kappa shape index (κ2) is 13.1. The fourth-order valence-corrected chi connectivity index (χ4v) is 11.3. The summed E-state index contributed by atoms with van der Waals surface area (Å²) >= 11 is 0. The smallest absolute Gasteiger partial charge is 0.0720 e. The van der Waals surface area contributed by atoms with E-state index < -0.39 is 10.8 Å². The molecule has 0 unspecified atom stereocenters. The molecule has 0 radical (unpaired) electrons. The van der Waals surface area contributed by atoms with Crippen molar-refractivity contribution in [1.29, 1.82) is 0 Å². The predicted molar refractivity (Wildman–Crippen MR) is 254 cm³/mol. The largest absolute Gasteiger partial charge is 0.309 e. The number of aryl methyl sites for hydroxylation is 4. The van der Waals surface area contributed by atoms with E-state index in [4.69, 9.17) is 0 Å². The van der Waals surface area contributed by atoms with Gasteiger partial charge in [0, 0.05) is 16.5 Å². The van der Waals surface area contributed by atoms with Crippen LogP contribution in [-0.2, 0) is 10.8 Å². The fourth-order valence-electron chi connectivity index (χ4n) is 11.3. The van der Waals surface area contributed by atoms with Crippen LogP contribution in [0, 0.1) is 27.7 Å². The highest BCUT2D eigenvalue weighted by molar-refractivity contribution is 6.17. The maximum atomic E-state index is 2.56. The summed E-state index contributed by atoms with van der Waals surface area (Å²) < 4.78 is 2.54. The molecule has 2 aliphatic rings. The van der Waals surface area contributed by atoms with Crippen LogP contribution in [0.5, 0.6) is 0 Å². The van der Waals surface area contributed by atoms with Crippen molar-refractivity contribution in [3.05, 3.63) is 267 Å². The van der Waals surface area contributed by atoms with Crippen LogP contribution < -0.4 is 0 Å². The van der Waals surface area contributed by atoms with Gasteiger partial charge in [0.05, 0.1) is 21.9 Å². The minimum absolute atomic E-state index is 0.523. The molecule has 0 N–H and O–H groups in total. The van der Waals surface area contributed by atoms with Gasteiger partial charge in [0.15, 0.2) is 0 Å². The third-order valence-corrected chi connectivity index (χ3v) is 14.0. The van der Waals surface area contributed by atoms with Crippen molar-refractivity contribution < 1.29 is 0 Å². The fraction of sp³-hybridized carbons (Fsp3) is 0.100. The zero-order valence-electron chi connectivity index (χ0n) is 35.0. The summed E-state index contributed by atoms with van der Waals surface area (Å²) in [5.74, 6) is 0. The Bertz CT molecular complexity index is 3250. The molecule has 1 aromatic heterocycles. The van der Waals surface area contributed by atoms with Crippen molar-refractivity contribution in [3.63, 3.8) is 0 Å². The van der Waals surface area contributed by atoms with E-state index in [-0.39, 0.29) is 0 Å². The van der Waals surface area contributed by atoms with E-state index in [1.807, 2.05) is 0 Å². The summed E-state index contributed by atoms with van der Waals surface area (Å²) in [5.41, 5.74) is 23.2. The summed E-state index contributed by atoms with van der Waals surface area (Å²) in [5, 5.41) is 2.57. The lowest BCUT2D eigenvalue weighted by molar-refractivity contribution is 0.768. The third-order valence-electron chi connectivity index (χ3n) is 14.0. The van der Waals surface area contributed by atoms with Crippen LogP contribution >= 0.6 is 0 Å². The van der Waals surface area contributed by atoms with Crippen LogP contribution in [0.3, 0.4) is 0 Å². The van der Waals surface area contributed by atoms with Crippen molar-refractivity contribution in [3.8, 4) is 27.9 Å². The number of aromatic nitrogens is 1. The first-order valence-corrected chi connectivity index (χ1v) is 21.6.